The van der Waals surface area contributed by atoms with E-state index < -0.39 is 42.6 Å². The molecule has 0 aliphatic carbocycles. The van der Waals surface area contributed by atoms with Gasteiger partial charge < -0.3 is 29.7 Å². The first-order valence-corrected chi connectivity index (χ1v) is 23.4. The van der Waals surface area contributed by atoms with Gasteiger partial charge in [-0.25, -0.2) is 9.37 Å². The number of piperidine rings is 3. The van der Waals surface area contributed by atoms with Crippen LogP contribution in [0.25, 0.3) is 0 Å². The molecule has 3 N–H and O–H groups in total. The molecule has 1 aromatic heterocycles. The second-order valence-corrected chi connectivity index (χ2v) is 20.4. The number of ether oxygens (including phenoxy) is 1. The van der Waals surface area contributed by atoms with Gasteiger partial charge in [-0.1, -0.05) is 23.7 Å². The van der Waals surface area contributed by atoms with E-state index in [1.54, 1.807) is 20.4 Å². The van der Waals surface area contributed by atoms with Gasteiger partial charge in [0, 0.05) is 68.3 Å². The number of nitrogens with one attached hydrogen (secondary N) is 3. The molecule has 6 aliphatic heterocycles. The summed E-state index contributed by atoms with van der Waals surface area (Å²) in [7, 11) is -0.945. The molecule has 10 rings (SSSR count). The van der Waals surface area contributed by atoms with Crippen LogP contribution in [-0.4, -0.2) is 115 Å². The van der Waals surface area contributed by atoms with Gasteiger partial charge in [0.05, 0.1) is 41.5 Å². The number of nitrogens with zero attached hydrogens (tertiary/aromatic N) is 6. The molecule has 0 saturated carbocycles. The molecule has 0 spiro atoms. The van der Waals surface area contributed by atoms with Gasteiger partial charge in [-0.05, 0) is 81.3 Å². The number of para-hydroxylation sites is 1. The van der Waals surface area contributed by atoms with Crippen LogP contribution in [0, 0.1) is 11.7 Å². The Morgan fingerprint density at radius 2 is 1.64 bits per heavy atom. The van der Waals surface area contributed by atoms with Gasteiger partial charge >= 0.3 is 0 Å². The highest BCUT2D eigenvalue weighted by atomic mass is 35.5. The minimum absolute atomic E-state index is 0.0171. The Labute approximate surface area is 357 Å². The Bertz CT molecular complexity index is 2500. The number of halogens is 2. The molecule has 5 saturated heterocycles. The number of benzene rings is 3. The van der Waals surface area contributed by atoms with Crippen molar-refractivity contribution in [2.45, 2.75) is 50.2 Å². The van der Waals surface area contributed by atoms with E-state index in [4.69, 9.17) is 16.3 Å². The molecule has 4 amide bonds. The molecule has 5 fully saturated rings. The van der Waals surface area contributed by atoms with Gasteiger partial charge in [0.25, 0.3) is 11.8 Å². The fourth-order valence-electron chi connectivity index (χ4n) is 9.37. The number of fused-ring (bicyclic) bond motifs is 3. The smallest absolute Gasteiger partial charge is 0.262 e. The molecule has 3 unspecified atom stereocenters. The molecule has 0 radical (unpaired) electrons. The molecule has 61 heavy (non-hydrogen) atoms. The maximum Gasteiger partial charge on any atom is 0.262 e. The molecule has 318 valence electrons. The van der Waals surface area contributed by atoms with Crippen molar-refractivity contribution in [2.75, 3.05) is 73.6 Å². The van der Waals surface area contributed by atoms with Crippen LogP contribution in [-0.2, 0) is 14.2 Å². The SMILES string of the molecule is COc1cc(N2CCC(CN3C4CC3CN(c3cc5c(cc3F)C(=O)N(C3CCC(=O)NC3=O)C5=O)C4)CC2)ccc1Nc1ncc(Cl)c(Nc2ccccc2P(C)(C)=O)n1. The van der Waals surface area contributed by atoms with Gasteiger partial charge in [0.1, 0.15) is 29.8 Å². The summed E-state index contributed by atoms with van der Waals surface area (Å²) in [5.74, 6) is -1.24. The van der Waals surface area contributed by atoms with E-state index in [2.05, 4.69) is 41.8 Å². The molecular weight excluding hydrogens is 824 g/mol. The minimum Gasteiger partial charge on any atom is -0.494 e. The number of aromatic nitrogens is 2. The summed E-state index contributed by atoms with van der Waals surface area (Å²) in [4.78, 5) is 67.5. The number of anilines is 6. The average Bonchev–Trinajstić information content (AvgIpc) is 3.48. The molecule has 6 aliphatic rings. The van der Waals surface area contributed by atoms with Crippen LogP contribution in [0.3, 0.4) is 0 Å². The molecular formula is C43H46ClFN9O6P. The van der Waals surface area contributed by atoms with Crippen molar-refractivity contribution >= 4 is 82.2 Å². The molecule has 3 atom stereocenters. The van der Waals surface area contributed by atoms with Crippen LogP contribution >= 0.6 is 18.7 Å². The highest BCUT2D eigenvalue weighted by molar-refractivity contribution is 7.70. The third-order valence-electron chi connectivity index (χ3n) is 12.6. The van der Waals surface area contributed by atoms with Crippen LogP contribution in [0.4, 0.5) is 38.9 Å². The zero-order valence-corrected chi connectivity index (χ0v) is 35.6. The second kappa shape index (κ2) is 16.0. The number of carbonyl (C=O) groups excluding carboxylic acids is 4. The number of hydrogen-bond donors (Lipinski definition) is 3. The first kappa shape index (κ1) is 40.8. The van der Waals surface area contributed by atoms with Crippen molar-refractivity contribution in [3.8, 4) is 5.75 Å². The molecule has 4 aromatic rings. The average molecular weight is 870 g/mol. The third kappa shape index (κ3) is 7.81. The summed E-state index contributed by atoms with van der Waals surface area (Å²) >= 11 is 6.48. The van der Waals surface area contributed by atoms with E-state index in [9.17, 15) is 23.7 Å². The highest BCUT2D eigenvalue weighted by Gasteiger charge is 2.48. The summed E-state index contributed by atoms with van der Waals surface area (Å²) < 4.78 is 34.3. The monoisotopic (exact) mass is 869 g/mol. The Balaban J connectivity index is 0.795. The lowest BCUT2D eigenvalue weighted by atomic mass is 9.84. The fourth-order valence-corrected chi connectivity index (χ4v) is 10.7. The topological polar surface area (TPSA) is 169 Å². The first-order valence-electron chi connectivity index (χ1n) is 20.5. The van der Waals surface area contributed by atoms with Crippen LogP contribution in [0.1, 0.15) is 52.8 Å². The van der Waals surface area contributed by atoms with E-state index in [1.165, 1.54) is 12.3 Å². The van der Waals surface area contributed by atoms with Crippen molar-refractivity contribution in [3.05, 3.63) is 82.8 Å². The van der Waals surface area contributed by atoms with Gasteiger partial charge in [-0.3, -0.25) is 34.3 Å². The molecule has 7 heterocycles. The number of imide groups is 2. The summed E-state index contributed by atoms with van der Waals surface area (Å²) in [5, 5.41) is 9.70. The predicted molar refractivity (Wildman–Crippen MR) is 231 cm³/mol. The number of piperazine rings is 1. The quantitative estimate of drug-likeness (QED) is 0.126. The van der Waals surface area contributed by atoms with Gasteiger partial charge in [0.15, 0.2) is 5.82 Å². The number of amides is 4. The minimum atomic E-state index is -2.57. The summed E-state index contributed by atoms with van der Waals surface area (Å²) in [5.41, 5.74) is 2.72. The normalized spacial score (nSPS) is 21.9. The number of hydrogen-bond acceptors (Lipinski definition) is 13. The van der Waals surface area contributed by atoms with E-state index in [0.29, 0.717) is 58.2 Å². The van der Waals surface area contributed by atoms with Gasteiger partial charge in [0.2, 0.25) is 17.8 Å². The standard InChI is InChI=1S/C43H46ClFN9O6P/c1-60-36-17-25(8-9-32(36)48-43-46-20-30(44)39(50-43)47-33-6-4-5-7-37(33)61(2,3)59)51-14-12-24(13-15-51)21-53-26-16-27(53)23-52(22-26)35-19-29-28(18-31(35)45)41(57)54(42(29)58)34-10-11-38(55)49-40(34)56/h4-9,17-20,24,26-27,34H,10-16,21-23H2,1-3H3,(H,49,55,56)(H2,46,47,48,50). The van der Waals surface area contributed by atoms with Crippen molar-refractivity contribution in [2.24, 2.45) is 5.92 Å². The summed E-state index contributed by atoms with van der Waals surface area (Å²) in [6.07, 6.45) is 4.63. The van der Waals surface area contributed by atoms with Crippen molar-refractivity contribution in [3.63, 3.8) is 0 Å². The Hall–Kier alpha value is -5.57. The van der Waals surface area contributed by atoms with Crippen molar-refractivity contribution in [1.29, 1.82) is 0 Å². The largest absolute Gasteiger partial charge is 0.494 e. The number of methoxy groups -OCH3 is 1. The lowest BCUT2D eigenvalue weighted by Gasteiger charge is -2.58. The number of carbonyl (C=O) groups is 4. The summed E-state index contributed by atoms with van der Waals surface area (Å²) in [6.45, 7) is 7.39. The fraction of sp³-hybridized carbons (Fsp3) is 0.395. The number of rotatable bonds is 11. The zero-order chi connectivity index (χ0) is 42.7. The Morgan fingerprint density at radius 1 is 0.918 bits per heavy atom. The second-order valence-electron chi connectivity index (χ2n) is 16.8. The lowest BCUT2D eigenvalue weighted by Crippen LogP contribution is -2.69. The highest BCUT2D eigenvalue weighted by Crippen LogP contribution is 2.41. The molecule has 15 nitrogen and oxygen atoms in total. The van der Waals surface area contributed by atoms with Crippen LogP contribution in [0.15, 0.2) is 60.8 Å². The van der Waals surface area contributed by atoms with Gasteiger partial charge in [-0.15, -0.1) is 0 Å². The van der Waals surface area contributed by atoms with Crippen molar-refractivity contribution < 1.29 is 32.9 Å². The molecule has 2 bridgehead atoms. The van der Waals surface area contributed by atoms with Crippen LogP contribution in [0.5, 0.6) is 5.75 Å². The van der Waals surface area contributed by atoms with Gasteiger partial charge in [-0.2, -0.15) is 4.98 Å². The summed E-state index contributed by atoms with van der Waals surface area (Å²) in [6, 6.07) is 15.4. The first-order chi connectivity index (χ1) is 29.2. The van der Waals surface area contributed by atoms with Crippen LogP contribution in [0.2, 0.25) is 5.02 Å². The maximum atomic E-state index is 15.6. The predicted octanol–water partition coefficient (Wildman–Crippen LogP) is 5.59. The maximum absolute atomic E-state index is 15.6. The van der Waals surface area contributed by atoms with E-state index in [0.717, 1.165) is 55.6 Å². The van der Waals surface area contributed by atoms with E-state index >= 15 is 4.39 Å². The lowest BCUT2D eigenvalue weighted by molar-refractivity contribution is -0.136. The zero-order valence-electron chi connectivity index (χ0n) is 34.0. The van der Waals surface area contributed by atoms with Crippen molar-refractivity contribution in [1.82, 2.24) is 25.1 Å². The van der Waals surface area contributed by atoms with Crippen LogP contribution < -0.4 is 35.8 Å². The Kier molecular flexibility index (Phi) is 10.7. The Morgan fingerprint density at radius 3 is 2.34 bits per heavy atom. The van der Waals surface area contributed by atoms with E-state index in [-0.39, 0.29) is 41.7 Å². The molecule has 18 heteroatoms. The molecule has 3 aromatic carbocycles. The third-order valence-corrected chi connectivity index (χ3v) is 14.4. The van der Waals surface area contributed by atoms with E-state index in [1.807, 2.05) is 41.3 Å².